The Kier molecular flexibility index (Phi) is 5.52. The topological polar surface area (TPSA) is 49.3 Å². The van der Waals surface area contributed by atoms with Crippen LogP contribution in [0.15, 0.2) is 60.7 Å². The molecular formula is C18H21NO2. The molecule has 0 aromatic heterocycles. The van der Waals surface area contributed by atoms with Gasteiger partial charge in [-0.2, -0.15) is 0 Å². The lowest BCUT2D eigenvalue weighted by atomic mass is 9.99. The fourth-order valence-corrected chi connectivity index (χ4v) is 2.28. The fourth-order valence-electron chi connectivity index (χ4n) is 2.28. The van der Waals surface area contributed by atoms with Crippen LogP contribution < -0.4 is 5.32 Å². The van der Waals surface area contributed by atoms with Crippen molar-refractivity contribution in [1.82, 2.24) is 5.32 Å². The number of amides is 1. The molecule has 0 saturated heterocycles. The van der Waals surface area contributed by atoms with Crippen LogP contribution >= 0.6 is 0 Å². The minimum Gasteiger partial charge on any atom is -0.394 e. The Morgan fingerprint density at radius 1 is 1.05 bits per heavy atom. The van der Waals surface area contributed by atoms with E-state index in [4.69, 9.17) is 0 Å². The highest BCUT2D eigenvalue weighted by molar-refractivity contribution is 5.83. The van der Waals surface area contributed by atoms with Gasteiger partial charge in [0.2, 0.25) is 5.91 Å². The van der Waals surface area contributed by atoms with Crippen LogP contribution in [-0.4, -0.2) is 23.7 Å². The third kappa shape index (κ3) is 4.43. The van der Waals surface area contributed by atoms with Crippen molar-refractivity contribution in [3.05, 3.63) is 71.8 Å². The summed E-state index contributed by atoms with van der Waals surface area (Å²) in [6, 6.07) is 19.3. The molecule has 0 bridgehead atoms. The highest BCUT2D eigenvalue weighted by atomic mass is 16.3. The standard InChI is InChI=1S/C18H21NO2/c1-14(16-10-6-3-7-11-16)18(21)19-17(13-20)12-15-8-4-2-5-9-15/h2-11,14,17,20H,12-13H2,1H3,(H,19,21)/t14?,17-/m1/s1. The second-order valence-corrected chi connectivity index (χ2v) is 5.21. The van der Waals surface area contributed by atoms with Gasteiger partial charge < -0.3 is 10.4 Å². The Balaban J connectivity index is 1.96. The minimum atomic E-state index is -0.258. The first-order valence-electron chi connectivity index (χ1n) is 7.21. The number of hydrogen-bond donors (Lipinski definition) is 2. The van der Waals surface area contributed by atoms with E-state index in [-0.39, 0.29) is 24.5 Å². The summed E-state index contributed by atoms with van der Waals surface area (Å²) in [6.45, 7) is 1.81. The van der Waals surface area contributed by atoms with Gasteiger partial charge >= 0.3 is 0 Å². The first-order valence-corrected chi connectivity index (χ1v) is 7.21. The van der Waals surface area contributed by atoms with Crippen molar-refractivity contribution in [2.24, 2.45) is 0 Å². The van der Waals surface area contributed by atoms with E-state index in [1.165, 1.54) is 0 Å². The number of carbonyl (C=O) groups is 1. The molecule has 0 heterocycles. The highest BCUT2D eigenvalue weighted by Gasteiger charge is 2.18. The predicted octanol–water partition coefficient (Wildman–Crippen LogP) is 2.51. The van der Waals surface area contributed by atoms with E-state index in [9.17, 15) is 9.90 Å². The van der Waals surface area contributed by atoms with Gasteiger partial charge in [0.1, 0.15) is 0 Å². The van der Waals surface area contributed by atoms with Gasteiger partial charge in [0.25, 0.3) is 0 Å². The van der Waals surface area contributed by atoms with Crippen molar-refractivity contribution in [3.63, 3.8) is 0 Å². The number of carbonyl (C=O) groups excluding carboxylic acids is 1. The van der Waals surface area contributed by atoms with Crippen molar-refractivity contribution < 1.29 is 9.90 Å². The molecule has 0 aliphatic carbocycles. The number of rotatable bonds is 6. The monoisotopic (exact) mass is 283 g/mol. The third-order valence-corrected chi connectivity index (χ3v) is 3.58. The molecule has 0 radical (unpaired) electrons. The second kappa shape index (κ2) is 7.60. The maximum absolute atomic E-state index is 12.3. The molecule has 2 N–H and O–H groups in total. The van der Waals surface area contributed by atoms with E-state index < -0.39 is 0 Å². The smallest absolute Gasteiger partial charge is 0.227 e. The maximum atomic E-state index is 12.3. The van der Waals surface area contributed by atoms with E-state index >= 15 is 0 Å². The van der Waals surface area contributed by atoms with Crippen molar-refractivity contribution in [3.8, 4) is 0 Å². The van der Waals surface area contributed by atoms with Gasteiger partial charge in [0.15, 0.2) is 0 Å². The van der Waals surface area contributed by atoms with Crippen LogP contribution in [0, 0.1) is 0 Å². The number of aliphatic hydroxyl groups is 1. The number of hydrogen-bond acceptors (Lipinski definition) is 2. The Labute approximate surface area is 125 Å². The third-order valence-electron chi connectivity index (χ3n) is 3.58. The van der Waals surface area contributed by atoms with E-state index in [0.717, 1.165) is 11.1 Å². The van der Waals surface area contributed by atoms with Gasteiger partial charge in [-0.25, -0.2) is 0 Å². The molecule has 1 amide bonds. The number of nitrogens with one attached hydrogen (secondary N) is 1. The summed E-state index contributed by atoms with van der Waals surface area (Å²) >= 11 is 0. The molecule has 110 valence electrons. The zero-order valence-corrected chi connectivity index (χ0v) is 12.2. The molecule has 21 heavy (non-hydrogen) atoms. The van der Waals surface area contributed by atoms with E-state index in [1.54, 1.807) is 0 Å². The molecule has 0 aliphatic heterocycles. The molecule has 1 unspecified atom stereocenters. The lowest BCUT2D eigenvalue weighted by Gasteiger charge is -2.19. The lowest BCUT2D eigenvalue weighted by Crippen LogP contribution is -2.41. The van der Waals surface area contributed by atoms with Crippen LogP contribution in [0.5, 0.6) is 0 Å². The Morgan fingerprint density at radius 3 is 2.19 bits per heavy atom. The lowest BCUT2D eigenvalue weighted by molar-refractivity contribution is -0.123. The summed E-state index contributed by atoms with van der Waals surface area (Å²) in [5.41, 5.74) is 2.08. The first-order chi connectivity index (χ1) is 10.2. The Hall–Kier alpha value is -2.13. The van der Waals surface area contributed by atoms with Crippen molar-refractivity contribution >= 4 is 5.91 Å². The molecule has 2 aromatic rings. The van der Waals surface area contributed by atoms with Crippen LogP contribution in [0.2, 0.25) is 0 Å². The average Bonchev–Trinajstić information content (AvgIpc) is 2.55. The van der Waals surface area contributed by atoms with E-state index in [0.29, 0.717) is 6.42 Å². The summed E-state index contributed by atoms with van der Waals surface area (Å²) in [6.07, 6.45) is 0.630. The van der Waals surface area contributed by atoms with Gasteiger partial charge in [-0.05, 0) is 24.5 Å². The highest BCUT2D eigenvalue weighted by Crippen LogP contribution is 2.15. The van der Waals surface area contributed by atoms with Crippen LogP contribution in [0.1, 0.15) is 24.0 Å². The Bertz CT molecular complexity index is 554. The zero-order valence-electron chi connectivity index (χ0n) is 12.2. The Morgan fingerprint density at radius 2 is 1.62 bits per heavy atom. The minimum absolute atomic E-state index is 0.0591. The summed E-state index contributed by atoms with van der Waals surface area (Å²) in [4.78, 5) is 12.3. The molecule has 0 aliphatic rings. The van der Waals surface area contributed by atoms with Gasteiger partial charge in [0.05, 0.1) is 18.6 Å². The SMILES string of the molecule is CC(C(=O)N[C@@H](CO)Cc1ccccc1)c1ccccc1. The molecular weight excluding hydrogens is 262 g/mol. The quantitative estimate of drug-likeness (QED) is 0.856. The van der Waals surface area contributed by atoms with Crippen LogP contribution in [-0.2, 0) is 11.2 Å². The molecule has 0 fully saturated rings. The number of aliphatic hydroxyl groups excluding tert-OH is 1. The van der Waals surface area contributed by atoms with Gasteiger partial charge in [-0.1, -0.05) is 60.7 Å². The molecule has 0 spiro atoms. The molecule has 2 atom stereocenters. The molecule has 2 rings (SSSR count). The summed E-state index contributed by atoms with van der Waals surface area (Å²) < 4.78 is 0. The van der Waals surface area contributed by atoms with Crippen molar-refractivity contribution in [2.75, 3.05) is 6.61 Å². The van der Waals surface area contributed by atoms with Gasteiger partial charge in [-0.15, -0.1) is 0 Å². The van der Waals surface area contributed by atoms with Gasteiger partial charge in [0, 0.05) is 0 Å². The fraction of sp³-hybridized carbons (Fsp3) is 0.278. The van der Waals surface area contributed by atoms with E-state index in [1.807, 2.05) is 67.6 Å². The van der Waals surface area contributed by atoms with Crippen LogP contribution in [0.4, 0.5) is 0 Å². The first kappa shape index (κ1) is 15.3. The molecule has 0 saturated carbocycles. The van der Waals surface area contributed by atoms with Crippen molar-refractivity contribution in [1.29, 1.82) is 0 Å². The van der Waals surface area contributed by atoms with Crippen LogP contribution in [0.3, 0.4) is 0 Å². The summed E-state index contributed by atoms with van der Waals surface area (Å²) in [5, 5.41) is 12.4. The molecule has 3 nitrogen and oxygen atoms in total. The largest absolute Gasteiger partial charge is 0.394 e. The summed E-state index contributed by atoms with van der Waals surface area (Å²) in [5.74, 6) is -0.285. The van der Waals surface area contributed by atoms with E-state index in [2.05, 4.69) is 5.32 Å². The maximum Gasteiger partial charge on any atom is 0.227 e. The molecule has 3 heteroatoms. The number of benzene rings is 2. The normalized spacial score (nSPS) is 13.4. The van der Waals surface area contributed by atoms with Gasteiger partial charge in [-0.3, -0.25) is 4.79 Å². The average molecular weight is 283 g/mol. The second-order valence-electron chi connectivity index (χ2n) is 5.21. The van der Waals surface area contributed by atoms with Crippen molar-refractivity contribution in [2.45, 2.75) is 25.3 Å². The summed E-state index contributed by atoms with van der Waals surface area (Å²) in [7, 11) is 0. The molecule has 2 aromatic carbocycles. The zero-order chi connectivity index (χ0) is 15.1. The predicted molar refractivity (Wildman–Crippen MR) is 84.0 cm³/mol. The van der Waals surface area contributed by atoms with Crippen LogP contribution in [0.25, 0.3) is 0 Å².